The van der Waals surface area contributed by atoms with Crippen molar-refractivity contribution in [2.45, 2.75) is 26.8 Å². The first-order valence-corrected chi connectivity index (χ1v) is 9.66. The highest BCUT2D eigenvalue weighted by Gasteiger charge is 2.14. The van der Waals surface area contributed by atoms with Gasteiger partial charge in [-0.1, -0.05) is 43.3 Å². The molecule has 4 aromatic rings. The molecule has 1 amide bonds. The van der Waals surface area contributed by atoms with Gasteiger partial charge in [-0.2, -0.15) is 0 Å². The smallest absolute Gasteiger partial charge is 0.262 e. The molecule has 0 aliphatic carbocycles. The number of aromatic nitrogens is 2. The molecule has 136 valence electrons. The molecule has 0 saturated heterocycles. The maximum atomic E-state index is 12.8. The zero-order valence-corrected chi connectivity index (χ0v) is 16.0. The van der Waals surface area contributed by atoms with E-state index in [4.69, 9.17) is 0 Å². The van der Waals surface area contributed by atoms with E-state index in [0.29, 0.717) is 11.2 Å². The van der Waals surface area contributed by atoms with Gasteiger partial charge in [0, 0.05) is 16.0 Å². The van der Waals surface area contributed by atoms with Crippen molar-refractivity contribution in [2.75, 3.05) is 5.32 Å². The topological polar surface area (TPSA) is 64.0 Å². The van der Waals surface area contributed by atoms with E-state index in [1.165, 1.54) is 15.9 Å². The number of nitrogens with one attached hydrogen (secondary N) is 1. The van der Waals surface area contributed by atoms with Crippen molar-refractivity contribution in [3.63, 3.8) is 0 Å². The average molecular weight is 377 g/mol. The molecule has 0 atom stereocenters. The lowest BCUT2D eigenvalue weighted by Gasteiger charge is -2.11. The predicted molar refractivity (Wildman–Crippen MR) is 111 cm³/mol. The minimum absolute atomic E-state index is 0.0614. The SMILES string of the molecule is CCc1cc2c(=O)n(CC(=O)Nc3cccc4ccccc34)c(C)nc2s1. The molecular weight excluding hydrogens is 358 g/mol. The van der Waals surface area contributed by atoms with Crippen LogP contribution in [-0.4, -0.2) is 15.5 Å². The van der Waals surface area contributed by atoms with Crippen LogP contribution < -0.4 is 10.9 Å². The molecule has 2 aromatic carbocycles. The quantitative estimate of drug-likeness (QED) is 0.582. The highest BCUT2D eigenvalue weighted by Crippen LogP contribution is 2.24. The van der Waals surface area contributed by atoms with E-state index in [0.717, 1.165) is 32.6 Å². The summed E-state index contributed by atoms with van der Waals surface area (Å²) in [6.45, 7) is 3.75. The second kappa shape index (κ2) is 6.96. The van der Waals surface area contributed by atoms with Crippen molar-refractivity contribution in [1.82, 2.24) is 9.55 Å². The van der Waals surface area contributed by atoms with E-state index in [1.54, 1.807) is 6.92 Å². The van der Waals surface area contributed by atoms with Crippen LogP contribution in [-0.2, 0) is 17.8 Å². The summed E-state index contributed by atoms with van der Waals surface area (Å²) in [6, 6.07) is 15.5. The van der Waals surface area contributed by atoms with E-state index >= 15 is 0 Å². The number of amides is 1. The molecule has 0 aliphatic heterocycles. The molecule has 5 nitrogen and oxygen atoms in total. The van der Waals surface area contributed by atoms with Crippen LogP contribution in [0.25, 0.3) is 21.0 Å². The van der Waals surface area contributed by atoms with Gasteiger partial charge in [0.2, 0.25) is 5.91 Å². The van der Waals surface area contributed by atoms with Gasteiger partial charge in [0.05, 0.1) is 5.39 Å². The largest absolute Gasteiger partial charge is 0.324 e. The van der Waals surface area contributed by atoms with Crippen LogP contribution in [0.5, 0.6) is 0 Å². The summed E-state index contributed by atoms with van der Waals surface area (Å²) in [5.41, 5.74) is 0.572. The molecule has 0 aliphatic rings. The molecular formula is C21H19N3O2S. The molecule has 0 unspecified atom stereocenters. The Balaban J connectivity index is 1.65. The number of aryl methyl sites for hydroxylation is 2. The second-order valence-corrected chi connectivity index (χ2v) is 7.53. The number of anilines is 1. The van der Waals surface area contributed by atoms with Gasteiger partial charge in [0.25, 0.3) is 5.56 Å². The van der Waals surface area contributed by atoms with Gasteiger partial charge < -0.3 is 5.32 Å². The second-order valence-electron chi connectivity index (χ2n) is 6.41. The molecule has 2 aromatic heterocycles. The van der Waals surface area contributed by atoms with E-state index in [1.807, 2.05) is 55.5 Å². The summed E-state index contributed by atoms with van der Waals surface area (Å²) in [6.07, 6.45) is 0.862. The zero-order valence-electron chi connectivity index (χ0n) is 15.2. The fourth-order valence-electron chi connectivity index (χ4n) is 3.20. The van der Waals surface area contributed by atoms with Crippen molar-refractivity contribution in [3.8, 4) is 0 Å². The summed E-state index contributed by atoms with van der Waals surface area (Å²) in [7, 11) is 0. The third kappa shape index (κ3) is 3.24. The minimum atomic E-state index is -0.247. The van der Waals surface area contributed by atoms with E-state index < -0.39 is 0 Å². The lowest BCUT2D eigenvalue weighted by molar-refractivity contribution is -0.116. The number of hydrogen-bond donors (Lipinski definition) is 1. The van der Waals surface area contributed by atoms with Crippen molar-refractivity contribution < 1.29 is 4.79 Å². The van der Waals surface area contributed by atoms with Crippen LogP contribution in [0.3, 0.4) is 0 Å². The Bertz CT molecular complexity index is 1220. The number of carbonyl (C=O) groups excluding carboxylic acids is 1. The van der Waals surface area contributed by atoms with E-state index in [9.17, 15) is 9.59 Å². The molecule has 0 spiro atoms. The van der Waals surface area contributed by atoms with Crippen molar-refractivity contribution in [1.29, 1.82) is 0 Å². The number of hydrogen-bond acceptors (Lipinski definition) is 4. The Morgan fingerprint density at radius 1 is 1.15 bits per heavy atom. The summed E-state index contributed by atoms with van der Waals surface area (Å²) >= 11 is 1.53. The average Bonchev–Trinajstić information content (AvgIpc) is 3.09. The van der Waals surface area contributed by atoms with Gasteiger partial charge in [-0.25, -0.2) is 4.98 Å². The van der Waals surface area contributed by atoms with Gasteiger partial charge in [-0.05, 0) is 30.9 Å². The van der Waals surface area contributed by atoms with Crippen molar-refractivity contribution >= 4 is 43.9 Å². The van der Waals surface area contributed by atoms with Crippen LogP contribution in [0.2, 0.25) is 0 Å². The summed E-state index contributed by atoms with van der Waals surface area (Å²) in [4.78, 5) is 31.8. The lowest BCUT2D eigenvalue weighted by atomic mass is 10.1. The molecule has 4 rings (SSSR count). The number of nitrogens with zero attached hydrogens (tertiary/aromatic N) is 2. The predicted octanol–water partition coefficient (Wildman–Crippen LogP) is 4.12. The molecule has 0 bridgehead atoms. The van der Waals surface area contributed by atoms with Gasteiger partial charge in [0.1, 0.15) is 17.2 Å². The van der Waals surface area contributed by atoms with Gasteiger partial charge in [-0.3, -0.25) is 14.2 Å². The normalized spacial score (nSPS) is 11.2. The monoisotopic (exact) mass is 377 g/mol. The maximum absolute atomic E-state index is 12.8. The highest BCUT2D eigenvalue weighted by molar-refractivity contribution is 7.18. The van der Waals surface area contributed by atoms with Crippen LogP contribution in [0.1, 0.15) is 17.6 Å². The molecule has 27 heavy (non-hydrogen) atoms. The summed E-state index contributed by atoms with van der Waals surface area (Å²) in [5, 5.41) is 5.53. The Labute approximate surface area is 160 Å². The lowest BCUT2D eigenvalue weighted by Crippen LogP contribution is -2.29. The third-order valence-electron chi connectivity index (χ3n) is 4.61. The number of benzene rings is 2. The first-order valence-electron chi connectivity index (χ1n) is 8.84. The summed E-state index contributed by atoms with van der Waals surface area (Å²) in [5.74, 6) is 0.300. The summed E-state index contributed by atoms with van der Waals surface area (Å²) < 4.78 is 1.44. The molecule has 1 N–H and O–H groups in total. The van der Waals surface area contributed by atoms with E-state index in [2.05, 4.69) is 10.3 Å². The van der Waals surface area contributed by atoms with Crippen LogP contribution >= 0.6 is 11.3 Å². The number of fused-ring (bicyclic) bond motifs is 2. The Kier molecular flexibility index (Phi) is 4.49. The fourth-order valence-corrected chi connectivity index (χ4v) is 4.20. The fraction of sp³-hybridized carbons (Fsp3) is 0.190. The van der Waals surface area contributed by atoms with Crippen LogP contribution in [0.4, 0.5) is 5.69 Å². The van der Waals surface area contributed by atoms with Crippen molar-refractivity contribution in [3.05, 3.63) is 69.6 Å². The molecule has 2 heterocycles. The van der Waals surface area contributed by atoms with Crippen LogP contribution in [0.15, 0.2) is 53.3 Å². The molecule has 0 saturated carbocycles. The van der Waals surface area contributed by atoms with E-state index in [-0.39, 0.29) is 18.0 Å². The zero-order chi connectivity index (χ0) is 19.0. The Morgan fingerprint density at radius 2 is 1.93 bits per heavy atom. The van der Waals surface area contributed by atoms with Crippen LogP contribution in [0, 0.1) is 6.92 Å². The first-order chi connectivity index (χ1) is 13.1. The standard InChI is InChI=1S/C21H19N3O2S/c1-3-15-11-17-20(27-15)22-13(2)24(21(17)26)12-19(25)23-18-10-6-8-14-7-4-5-9-16(14)18/h4-11H,3,12H2,1-2H3,(H,23,25). The first kappa shape index (κ1) is 17.4. The minimum Gasteiger partial charge on any atom is -0.324 e. The molecule has 0 fully saturated rings. The number of thiophene rings is 1. The molecule has 6 heteroatoms. The Hall–Kier alpha value is -2.99. The Morgan fingerprint density at radius 3 is 2.74 bits per heavy atom. The van der Waals surface area contributed by atoms with Gasteiger partial charge >= 0.3 is 0 Å². The third-order valence-corrected chi connectivity index (χ3v) is 5.78. The number of carbonyl (C=O) groups is 1. The maximum Gasteiger partial charge on any atom is 0.262 e. The van der Waals surface area contributed by atoms with Gasteiger partial charge in [0.15, 0.2) is 0 Å². The van der Waals surface area contributed by atoms with Crippen molar-refractivity contribution in [2.24, 2.45) is 0 Å². The number of rotatable bonds is 4. The highest BCUT2D eigenvalue weighted by atomic mass is 32.1. The van der Waals surface area contributed by atoms with Gasteiger partial charge in [-0.15, -0.1) is 11.3 Å². The molecule has 0 radical (unpaired) electrons.